The van der Waals surface area contributed by atoms with E-state index in [-0.39, 0.29) is 6.42 Å². The van der Waals surface area contributed by atoms with Crippen LogP contribution in [0.3, 0.4) is 0 Å². The zero-order valence-electron chi connectivity index (χ0n) is 14.3. The second-order valence-corrected chi connectivity index (χ2v) is 6.36. The van der Waals surface area contributed by atoms with Crippen LogP contribution in [0.5, 0.6) is 5.75 Å². The number of aryl methyl sites for hydroxylation is 1. The molecule has 5 heteroatoms. The number of benzene rings is 2. The molecule has 0 amide bonds. The number of para-hydroxylation sites is 1. The summed E-state index contributed by atoms with van der Waals surface area (Å²) in [6.45, 7) is 1.53. The number of aromatic amines is 1. The lowest BCUT2D eigenvalue weighted by atomic mass is 10.1. The van der Waals surface area contributed by atoms with Gasteiger partial charge in [-0.25, -0.2) is 0 Å². The lowest BCUT2D eigenvalue weighted by molar-refractivity contribution is -0.136. The number of H-pyrrole nitrogens is 1. The average Bonchev–Trinajstić information content (AvgIpc) is 3.22. The molecule has 4 rings (SSSR count). The van der Waals surface area contributed by atoms with Gasteiger partial charge in [-0.05, 0) is 41.6 Å². The molecule has 0 saturated heterocycles. The van der Waals surface area contributed by atoms with Crippen LogP contribution in [0.4, 0.5) is 0 Å². The summed E-state index contributed by atoms with van der Waals surface area (Å²) in [6.07, 6.45) is 4.79. The number of fused-ring (bicyclic) bond motifs is 2. The smallest absolute Gasteiger partial charge is 0.307 e. The normalized spacial score (nSPS) is 11.2. The lowest BCUT2D eigenvalue weighted by Gasteiger charge is -2.08. The van der Waals surface area contributed by atoms with Gasteiger partial charge in [0.15, 0.2) is 0 Å². The fraction of sp³-hybridized carbons (Fsp3) is 0.190. The number of nitrogens with one attached hydrogen (secondary N) is 1. The van der Waals surface area contributed by atoms with Crippen LogP contribution < -0.4 is 4.74 Å². The van der Waals surface area contributed by atoms with E-state index in [1.54, 1.807) is 6.20 Å². The minimum absolute atomic E-state index is 0.0189. The van der Waals surface area contributed by atoms with Crippen LogP contribution in [0.2, 0.25) is 0 Å². The predicted molar refractivity (Wildman–Crippen MR) is 102 cm³/mol. The van der Waals surface area contributed by atoms with Gasteiger partial charge in [0, 0.05) is 41.4 Å². The SMILES string of the molecule is O=C(O)Cc1c[nH]c2cc(OCCCn3ccc4ccccc43)ccc12. The second kappa shape index (κ2) is 6.96. The first kappa shape index (κ1) is 16.3. The number of hydrogen-bond acceptors (Lipinski definition) is 2. The Bertz CT molecular complexity index is 1060. The topological polar surface area (TPSA) is 67.2 Å². The zero-order valence-corrected chi connectivity index (χ0v) is 14.3. The summed E-state index contributed by atoms with van der Waals surface area (Å²) >= 11 is 0. The zero-order chi connectivity index (χ0) is 17.9. The third-order valence-electron chi connectivity index (χ3n) is 4.57. The van der Waals surface area contributed by atoms with E-state index in [1.165, 1.54) is 10.9 Å². The number of carboxylic acids is 1. The van der Waals surface area contributed by atoms with Gasteiger partial charge in [-0.15, -0.1) is 0 Å². The highest BCUT2D eigenvalue weighted by atomic mass is 16.5. The highest BCUT2D eigenvalue weighted by molar-refractivity contribution is 5.87. The van der Waals surface area contributed by atoms with Gasteiger partial charge in [0.25, 0.3) is 0 Å². The fourth-order valence-electron chi connectivity index (χ4n) is 3.32. The van der Waals surface area contributed by atoms with E-state index in [9.17, 15) is 4.79 Å². The van der Waals surface area contributed by atoms with Crippen molar-refractivity contribution < 1.29 is 14.6 Å². The van der Waals surface area contributed by atoms with Crippen LogP contribution >= 0.6 is 0 Å². The van der Waals surface area contributed by atoms with Crippen LogP contribution in [0, 0.1) is 0 Å². The molecular weight excluding hydrogens is 328 g/mol. The molecule has 0 radical (unpaired) electrons. The Hall–Kier alpha value is -3.21. The largest absolute Gasteiger partial charge is 0.493 e. The second-order valence-electron chi connectivity index (χ2n) is 6.36. The van der Waals surface area contributed by atoms with Crippen molar-refractivity contribution in [3.63, 3.8) is 0 Å². The molecule has 2 aromatic heterocycles. The number of hydrogen-bond donors (Lipinski definition) is 2. The molecule has 2 aromatic carbocycles. The van der Waals surface area contributed by atoms with Crippen LogP contribution in [-0.2, 0) is 17.8 Å². The molecule has 0 bridgehead atoms. The molecule has 0 unspecified atom stereocenters. The summed E-state index contributed by atoms with van der Waals surface area (Å²) in [6, 6.07) is 16.2. The van der Waals surface area contributed by atoms with Gasteiger partial charge in [0.05, 0.1) is 13.0 Å². The van der Waals surface area contributed by atoms with Crippen LogP contribution in [-0.4, -0.2) is 27.2 Å². The Balaban J connectivity index is 1.36. The first-order valence-electron chi connectivity index (χ1n) is 8.69. The molecule has 2 N–H and O–H groups in total. The molecule has 5 nitrogen and oxygen atoms in total. The molecule has 0 aliphatic carbocycles. The number of ether oxygens (including phenoxy) is 1. The number of aliphatic carboxylic acids is 1. The molecule has 0 aliphatic rings. The number of nitrogens with zero attached hydrogens (tertiary/aromatic N) is 1. The van der Waals surface area contributed by atoms with Crippen molar-refractivity contribution in [3.05, 3.63) is 66.5 Å². The standard InChI is InChI=1S/C21H20N2O3/c24-21(25)12-16-14-22-19-13-17(6-7-18(16)19)26-11-3-9-23-10-8-15-4-1-2-5-20(15)23/h1-2,4-8,10,13-14,22H,3,9,11-12H2,(H,24,25). The van der Waals surface area contributed by atoms with E-state index in [1.807, 2.05) is 18.2 Å². The van der Waals surface area contributed by atoms with Gasteiger partial charge in [0.1, 0.15) is 5.75 Å². The van der Waals surface area contributed by atoms with E-state index in [4.69, 9.17) is 9.84 Å². The average molecular weight is 348 g/mol. The molecule has 2 heterocycles. The van der Waals surface area contributed by atoms with Crippen molar-refractivity contribution in [1.82, 2.24) is 9.55 Å². The molecule has 132 valence electrons. The highest BCUT2D eigenvalue weighted by Gasteiger charge is 2.08. The number of rotatable bonds is 7. The lowest BCUT2D eigenvalue weighted by Crippen LogP contribution is -2.03. The quantitative estimate of drug-likeness (QED) is 0.491. The first-order valence-corrected chi connectivity index (χ1v) is 8.69. The molecule has 26 heavy (non-hydrogen) atoms. The fourth-order valence-corrected chi connectivity index (χ4v) is 3.32. The Kier molecular flexibility index (Phi) is 4.35. The molecule has 0 atom stereocenters. The monoisotopic (exact) mass is 348 g/mol. The van der Waals surface area contributed by atoms with Crippen molar-refractivity contribution in [1.29, 1.82) is 0 Å². The first-order chi connectivity index (χ1) is 12.7. The van der Waals surface area contributed by atoms with Gasteiger partial charge >= 0.3 is 5.97 Å². The van der Waals surface area contributed by atoms with Gasteiger partial charge in [-0.3, -0.25) is 4.79 Å². The van der Waals surface area contributed by atoms with Crippen molar-refractivity contribution in [2.45, 2.75) is 19.4 Å². The number of carboxylic acid groups (broad SMARTS) is 1. The summed E-state index contributed by atoms with van der Waals surface area (Å²) in [7, 11) is 0. The molecular formula is C21H20N2O3. The molecule has 0 aliphatic heterocycles. The third kappa shape index (κ3) is 3.28. The number of carbonyl (C=O) groups is 1. The maximum atomic E-state index is 10.9. The molecule has 4 aromatic rings. The molecule has 0 fully saturated rings. The minimum atomic E-state index is -0.830. The minimum Gasteiger partial charge on any atom is -0.493 e. The Morgan fingerprint density at radius 2 is 2.04 bits per heavy atom. The van der Waals surface area contributed by atoms with E-state index in [0.717, 1.165) is 35.2 Å². The van der Waals surface area contributed by atoms with E-state index in [0.29, 0.717) is 6.61 Å². The highest BCUT2D eigenvalue weighted by Crippen LogP contribution is 2.24. The van der Waals surface area contributed by atoms with Crippen LogP contribution in [0.25, 0.3) is 21.8 Å². The number of aromatic nitrogens is 2. The van der Waals surface area contributed by atoms with E-state index < -0.39 is 5.97 Å². The van der Waals surface area contributed by atoms with Crippen molar-refractivity contribution in [2.24, 2.45) is 0 Å². The molecule has 0 spiro atoms. The summed E-state index contributed by atoms with van der Waals surface area (Å²) < 4.78 is 8.11. The summed E-state index contributed by atoms with van der Waals surface area (Å²) in [5.41, 5.74) is 2.93. The van der Waals surface area contributed by atoms with Crippen LogP contribution in [0.15, 0.2) is 60.9 Å². The van der Waals surface area contributed by atoms with Crippen molar-refractivity contribution >= 4 is 27.8 Å². The third-order valence-corrected chi connectivity index (χ3v) is 4.57. The Morgan fingerprint density at radius 1 is 1.15 bits per heavy atom. The summed E-state index contributed by atoms with van der Waals surface area (Å²) in [5.74, 6) is -0.0395. The van der Waals surface area contributed by atoms with Crippen molar-refractivity contribution in [2.75, 3.05) is 6.61 Å². The Morgan fingerprint density at radius 3 is 2.92 bits per heavy atom. The maximum Gasteiger partial charge on any atom is 0.307 e. The summed E-state index contributed by atoms with van der Waals surface area (Å²) in [4.78, 5) is 14.0. The van der Waals surface area contributed by atoms with Crippen molar-refractivity contribution in [3.8, 4) is 5.75 Å². The predicted octanol–water partition coefficient (Wildman–Crippen LogP) is 4.22. The summed E-state index contributed by atoms with van der Waals surface area (Å²) in [5, 5.41) is 11.1. The van der Waals surface area contributed by atoms with E-state index >= 15 is 0 Å². The van der Waals surface area contributed by atoms with Gasteiger partial charge < -0.3 is 19.4 Å². The van der Waals surface area contributed by atoms with Gasteiger partial charge in [-0.1, -0.05) is 18.2 Å². The van der Waals surface area contributed by atoms with E-state index in [2.05, 4.69) is 46.1 Å². The Labute approximate surface area is 150 Å². The van der Waals surface area contributed by atoms with Crippen LogP contribution in [0.1, 0.15) is 12.0 Å². The molecule has 0 saturated carbocycles. The van der Waals surface area contributed by atoms with Gasteiger partial charge in [0.2, 0.25) is 0 Å². The van der Waals surface area contributed by atoms with Gasteiger partial charge in [-0.2, -0.15) is 0 Å². The maximum absolute atomic E-state index is 10.9.